The predicted octanol–water partition coefficient (Wildman–Crippen LogP) is 2.74. The van der Waals surface area contributed by atoms with Gasteiger partial charge >= 0.3 is 6.18 Å². The number of fused-ring (bicyclic) bond motifs is 2. The Hall–Kier alpha value is -0.250. The first-order chi connectivity index (χ1) is 6.47. The topological polar surface area (TPSA) is 20.2 Å². The normalized spacial score (nSPS) is 39.0. The van der Waals surface area contributed by atoms with Crippen molar-refractivity contribution in [2.75, 3.05) is 0 Å². The Morgan fingerprint density at radius 2 is 1.93 bits per heavy atom. The molecule has 4 atom stereocenters. The maximum Gasteiger partial charge on any atom is 0.414 e. The molecule has 0 saturated heterocycles. The highest BCUT2D eigenvalue weighted by molar-refractivity contribution is 4.91. The van der Waals surface area contributed by atoms with E-state index in [9.17, 15) is 13.2 Å². The average Bonchev–Trinajstić information content (AvgIpc) is 2.62. The number of hydrogen-bond acceptors (Lipinski definition) is 1. The molecule has 82 valence electrons. The van der Waals surface area contributed by atoms with Crippen LogP contribution in [0, 0.1) is 17.8 Å². The van der Waals surface area contributed by atoms with Crippen LogP contribution in [0.5, 0.6) is 0 Å². The first kappa shape index (κ1) is 10.3. The van der Waals surface area contributed by atoms with E-state index in [-0.39, 0.29) is 12.3 Å². The summed E-state index contributed by atoms with van der Waals surface area (Å²) in [6, 6.07) is 0. The highest BCUT2D eigenvalue weighted by Crippen LogP contribution is 2.50. The van der Waals surface area contributed by atoms with Crippen molar-refractivity contribution in [2.45, 2.75) is 44.4 Å². The third-order valence-corrected chi connectivity index (χ3v) is 3.79. The Labute approximate surface area is 81.3 Å². The third kappa shape index (κ3) is 1.90. The van der Waals surface area contributed by atoms with E-state index in [2.05, 4.69) is 0 Å². The van der Waals surface area contributed by atoms with E-state index in [1.807, 2.05) is 0 Å². The maximum absolute atomic E-state index is 12.1. The zero-order chi connectivity index (χ0) is 10.3. The van der Waals surface area contributed by atoms with Crippen LogP contribution in [0.3, 0.4) is 0 Å². The monoisotopic (exact) mass is 208 g/mol. The van der Waals surface area contributed by atoms with Crippen molar-refractivity contribution >= 4 is 0 Å². The Kier molecular flexibility index (Phi) is 2.50. The molecule has 0 radical (unpaired) electrons. The summed E-state index contributed by atoms with van der Waals surface area (Å²) in [7, 11) is 0. The van der Waals surface area contributed by atoms with Gasteiger partial charge in [-0.05, 0) is 43.4 Å². The Balaban J connectivity index is 1.87. The maximum atomic E-state index is 12.1. The van der Waals surface area contributed by atoms with Gasteiger partial charge < -0.3 is 5.11 Å². The lowest BCUT2D eigenvalue weighted by Gasteiger charge is -2.25. The summed E-state index contributed by atoms with van der Waals surface area (Å²) < 4.78 is 36.3. The van der Waals surface area contributed by atoms with Gasteiger partial charge in [0.05, 0.1) is 0 Å². The van der Waals surface area contributed by atoms with E-state index >= 15 is 0 Å². The summed E-state index contributed by atoms with van der Waals surface area (Å²) in [5.74, 6) is 1.22. The van der Waals surface area contributed by atoms with Gasteiger partial charge in [-0.1, -0.05) is 6.42 Å². The number of alkyl halides is 3. The van der Waals surface area contributed by atoms with Gasteiger partial charge in [0.25, 0.3) is 0 Å². The molecule has 0 amide bonds. The van der Waals surface area contributed by atoms with Crippen LogP contribution in [0.15, 0.2) is 0 Å². The highest BCUT2D eigenvalue weighted by atomic mass is 19.4. The number of aliphatic hydroxyl groups is 1. The van der Waals surface area contributed by atoms with E-state index in [1.165, 1.54) is 6.42 Å². The van der Waals surface area contributed by atoms with Crippen molar-refractivity contribution in [1.82, 2.24) is 0 Å². The number of aliphatic hydroxyl groups excluding tert-OH is 1. The van der Waals surface area contributed by atoms with Crippen molar-refractivity contribution in [1.29, 1.82) is 0 Å². The zero-order valence-corrected chi connectivity index (χ0v) is 7.93. The Morgan fingerprint density at radius 3 is 2.36 bits per heavy atom. The molecule has 0 spiro atoms. The predicted molar refractivity (Wildman–Crippen MR) is 45.6 cm³/mol. The fraction of sp³-hybridized carbons (Fsp3) is 1.00. The molecule has 2 rings (SSSR count). The highest BCUT2D eigenvalue weighted by Gasteiger charge is 2.45. The van der Waals surface area contributed by atoms with Gasteiger partial charge in [0, 0.05) is 0 Å². The smallest absolute Gasteiger partial charge is 0.384 e. The fourth-order valence-corrected chi connectivity index (χ4v) is 3.09. The van der Waals surface area contributed by atoms with Crippen LogP contribution in [-0.2, 0) is 0 Å². The molecule has 0 aromatic carbocycles. The van der Waals surface area contributed by atoms with Gasteiger partial charge in [-0.3, -0.25) is 0 Å². The van der Waals surface area contributed by atoms with E-state index in [4.69, 9.17) is 5.11 Å². The Bertz CT molecular complexity index is 214. The van der Waals surface area contributed by atoms with E-state index in [1.54, 1.807) is 0 Å². The molecule has 4 heteroatoms. The lowest BCUT2D eigenvalue weighted by atomic mass is 9.85. The van der Waals surface area contributed by atoms with Crippen LogP contribution in [0.2, 0.25) is 0 Å². The molecule has 14 heavy (non-hydrogen) atoms. The lowest BCUT2D eigenvalue weighted by Crippen LogP contribution is -2.31. The average molecular weight is 208 g/mol. The fourth-order valence-electron chi connectivity index (χ4n) is 3.09. The second kappa shape index (κ2) is 3.40. The summed E-state index contributed by atoms with van der Waals surface area (Å²) in [6.07, 6.45) is -2.37. The van der Waals surface area contributed by atoms with Crippen LogP contribution >= 0.6 is 0 Å². The molecule has 0 aromatic rings. The molecule has 1 nitrogen and oxygen atoms in total. The van der Waals surface area contributed by atoms with Crippen LogP contribution in [0.1, 0.15) is 32.1 Å². The first-order valence-corrected chi connectivity index (χ1v) is 5.21. The summed E-state index contributed by atoms with van der Waals surface area (Å²) >= 11 is 0. The molecular weight excluding hydrogens is 193 g/mol. The van der Waals surface area contributed by atoms with Crippen molar-refractivity contribution in [3.63, 3.8) is 0 Å². The second-order valence-electron chi connectivity index (χ2n) is 4.73. The van der Waals surface area contributed by atoms with Gasteiger partial charge in [-0.25, -0.2) is 0 Å². The summed E-state index contributed by atoms with van der Waals surface area (Å²) in [6.45, 7) is 0. The minimum absolute atomic E-state index is 0.0787. The molecule has 2 saturated carbocycles. The minimum atomic E-state index is -4.43. The molecule has 2 aliphatic rings. The van der Waals surface area contributed by atoms with Gasteiger partial charge in [0.2, 0.25) is 0 Å². The van der Waals surface area contributed by atoms with Crippen molar-refractivity contribution in [3.05, 3.63) is 0 Å². The quantitative estimate of drug-likeness (QED) is 0.739. The van der Waals surface area contributed by atoms with Crippen LogP contribution in [0.4, 0.5) is 13.2 Å². The standard InChI is InChI=1S/C10H15F3O/c11-10(12,13)9(14)5-8-4-6-1-2-7(8)3-6/h6-9,14H,1-5H2. The minimum Gasteiger partial charge on any atom is -0.384 e. The van der Waals surface area contributed by atoms with Crippen LogP contribution in [0.25, 0.3) is 0 Å². The molecule has 1 N–H and O–H groups in total. The molecule has 4 unspecified atom stereocenters. The number of rotatable bonds is 2. The Morgan fingerprint density at radius 1 is 1.21 bits per heavy atom. The zero-order valence-electron chi connectivity index (χ0n) is 7.93. The largest absolute Gasteiger partial charge is 0.414 e. The first-order valence-electron chi connectivity index (χ1n) is 5.21. The van der Waals surface area contributed by atoms with Crippen molar-refractivity contribution in [2.24, 2.45) is 17.8 Å². The second-order valence-corrected chi connectivity index (χ2v) is 4.73. The van der Waals surface area contributed by atoms with E-state index in [0.717, 1.165) is 19.3 Å². The van der Waals surface area contributed by atoms with Gasteiger partial charge in [-0.2, -0.15) is 13.2 Å². The van der Waals surface area contributed by atoms with Gasteiger partial charge in [0.15, 0.2) is 0 Å². The van der Waals surface area contributed by atoms with E-state index < -0.39 is 12.3 Å². The summed E-state index contributed by atoms with van der Waals surface area (Å²) in [5.41, 5.74) is 0. The third-order valence-electron chi connectivity index (χ3n) is 3.79. The van der Waals surface area contributed by atoms with Crippen LogP contribution in [-0.4, -0.2) is 17.4 Å². The lowest BCUT2D eigenvalue weighted by molar-refractivity contribution is -0.209. The molecule has 2 fully saturated rings. The summed E-state index contributed by atoms with van der Waals surface area (Å²) in [5, 5.41) is 8.95. The van der Waals surface area contributed by atoms with E-state index in [0.29, 0.717) is 11.8 Å². The van der Waals surface area contributed by atoms with Crippen molar-refractivity contribution < 1.29 is 18.3 Å². The molecular formula is C10H15F3O. The van der Waals surface area contributed by atoms with Crippen LogP contribution < -0.4 is 0 Å². The number of hydrogen-bond donors (Lipinski definition) is 1. The summed E-state index contributed by atoms with van der Waals surface area (Å²) in [4.78, 5) is 0. The molecule has 2 bridgehead atoms. The molecule has 0 heterocycles. The molecule has 0 aliphatic heterocycles. The molecule has 2 aliphatic carbocycles. The SMILES string of the molecule is OC(CC1CC2CCC1C2)C(F)(F)F. The number of halogens is 3. The van der Waals surface area contributed by atoms with Gasteiger partial charge in [0.1, 0.15) is 6.10 Å². The molecule has 0 aromatic heterocycles. The van der Waals surface area contributed by atoms with Crippen molar-refractivity contribution in [3.8, 4) is 0 Å². The van der Waals surface area contributed by atoms with Gasteiger partial charge in [-0.15, -0.1) is 0 Å².